The highest BCUT2D eigenvalue weighted by Crippen LogP contribution is 2.45. The molecule has 0 saturated heterocycles. The Morgan fingerprint density at radius 2 is 1.61 bits per heavy atom. The van der Waals surface area contributed by atoms with Gasteiger partial charge in [0.1, 0.15) is 5.75 Å². The van der Waals surface area contributed by atoms with Crippen molar-refractivity contribution in [3.05, 3.63) is 132 Å². The van der Waals surface area contributed by atoms with Crippen molar-refractivity contribution in [2.75, 3.05) is 0 Å². The van der Waals surface area contributed by atoms with Crippen LogP contribution in [0.4, 0.5) is 0 Å². The maximum atomic E-state index is 13.3. The van der Waals surface area contributed by atoms with Crippen LogP contribution in [0.5, 0.6) is 11.8 Å². The molecule has 0 saturated carbocycles. The SMILES string of the molecule is CCC(C)OP(=O)(O)c1cc(Oc2nc3cc(-c4ccc5c(ccn5C)c4)c(Cl)cc3n2Cc2ccc(-c3ccccc3)cc2)ccc1C. The molecule has 0 aliphatic carbocycles. The molecule has 2 heterocycles. The Morgan fingerprint density at radius 3 is 2.37 bits per heavy atom. The largest absolute Gasteiger partial charge is 0.425 e. The van der Waals surface area contributed by atoms with Crippen molar-refractivity contribution >= 4 is 46.4 Å². The Bertz CT molecular complexity index is 2350. The Kier molecular flexibility index (Phi) is 8.95. The normalized spacial score (nSPS) is 13.5. The minimum atomic E-state index is -4.10. The standard InChI is InChI=1S/C40H37ClN3O4P/c1-5-27(3)48-49(45,46)39-22-33(17-11-26(39)2)47-40-42-36-23-34(31-16-18-37-32(21-31)19-20-43(37)4)35(41)24-38(36)44(40)25-28-12-14-30(15-13-28)29-9-7-6-8-10-29/h6-24,27H,5,25H2,1-4H3,(H,45,46). The molecule has 0 amide bonds. The summed E-state index contributed by atoms with van der Waals surface area (Å²) in [6.07, 6.45) is 2.28. The van der Waals surface area contributed by atoms with Crippen LogP contribution in [0.15, 0.2) is 115 Å². The summed E-state index contributed by atoms with van der Waals surface area (Å²) < 4.78 is 29.4. The number of hydrogen-bond donors (Lipinski definition) is 1. The predicted octanol–water partition coefficient (Wildman–Crippen LogP) is 10.3. The number of hydrogen-bond acceptors (Lipinski definition) is 4. The van der Waals surface area contributed by atoms with Gasteiger partial charge < -0.3 is 18.7 Å². The van der Waals surface area contributed by atoms with E-state index in [9.17, 15) is 9.46 Å². The average molecular weight is 690 g/mol. The molecule has 0 aliphatic rings. The zero-order chi connectivity index (χ0) is 34.3. The van der Waals surface area contributed by atoms with Crippen LogP contribution in [0, 0.1) is 6.92 Å². The van der Waals surface area contributed by atoms with Crippen molar-refractivity contribution in [3.8, 4) is 34.0 Å². The molecule has 7 aromatic rings. The number of nitrogens with zero attached hydrogens (tertiary/aromatic N) is 3. The van der Waals surface area contributed by atoms with Gasteiger partial charge in [-0.2, -0.15) is 4.98 Å². The fraction of sp³-hybridized carbons (Fsp3) is 0.175. The van der Waals surface area contributed by atoms with E-state index in [2.05, 4.69) is 65.2 Å². The van der Waals surface area contributed by atoms with Crippen molar-refractivity contribution in [2.24, 2.45) is 7.05 Å². The van der Waals surface area contributed by atoms with Gasteiger partial charge in [-0.3, -0.25) is 9.13 Å². The summed E-state index contributed by atoms with van der Waals surface area (Å²) in [5.41, 5.74) is 8.46. The molecule has 7 rings (SSSR count). The lowest BCUT2D eigenvalue weighted by molar-refractivity contribution is 0.192. The molecular formula is C40H37ClN3O4P. The number of aromatic nitrogens is 3. The van der Waals surface area contributed by atoms with Crippen molar-refractivity contribution in [1.82, 2.24) is 14.1 Å². The molecule has 9 heteroatoms. The third-order valence-corrected chi connectivity index (χ3v) is 11.0. The lowest BCUT2D eigenvalue weighted by Gasteiger charge is -2.19. The van der Waals surface area contributed by atoms with E-state index in [1.54, 1.807) is 32.0 Å². The van der Waals surface area contributed by atoms with Gasteiger partial charge in [-0.05, 0) is 90.6 Å². The number of benzene rings is 5. The highest BCUT2D eigenvalue weighted by molar-refractivity contribution is 7.61. The van der Waals surface area contributed by atoms with Crippen LogP contribution in [0.3, 0.4) is 0 Å². The van der Waals surface area contributed by atoms with E-state index in [4.69, 9.17) is 25.8 Å². The summed E-state index contributed by atoms with van der Waals surface area (Å²) in [5.74, 6) is 0.374. The lowest BCUT2D eigenvalue weighted by atomic mass is 10.0. The second kappa shape index (κ2) is 13.3. The molecule has 0 aliphatic heterocycles. The van der Waals surface area contributed by atoms with Gasteiger partial charge in [0.2, 0.25) is 0 Å². The summed E-state index contributed by atoms with van der Waals surface area (Å²) in [6.45, 7) is 5.94. The van der Waals surface area contributed by atoms with Crippen LogP contribution in [0.25, 0.3) is 44.2 Å². The molecule has 248 valence electrons. The first-order valence-electron chi connectivity index (χ1n) is 16.3. The minimum absolute atomic E-state index is 0.200. The van der Waals surface area contributed by atoms with Gasteiger partial charge in [-0.25, -0.2) is 0 Å². The van der Waals surface area contributed by atoms with Gasteiger partial charge in [-0.15, -0.1) is 0 Å². The fourth-order valence-electron chi connectivity index (χ4n) is 6.08. The quantitative estimate of drug-likeness (QED) is 0.145. The zero-order valence-electron chi connectivity index (χ0n) is 27.8. The number of aryl methyl sites for hydroxylation is 2. The van der Waals surface area contributed by atoms with E-state index in [0.29, 0.717) is 40.8 Å². The highest BCUT2D eigenvalue weighted by atomic mass is 35.5. The second-order valence-electron chi connectivity index (χ2n) is 12.5. The van der Waals surface area contributed by atoms with E-state index in [0.717, 1.165) is 44.2 Å². The molecule has 2 atom stereocenters. The van der Waals surface area contributed by atoms with Gasteiger partial charge in [0.25, 0.3) is 0 Å². The molecule has 0 fully saturated rings. The molecule has 0 bridgehead atoms. The number of halogens is 1. The number of fused-ring (bicyclic) bond motifs is 2. The highest BCUT2D eigenvalue weighted by Gasteiger charge is 2.28. The summed E-state index contributed by atoms with van der Waals surface area (Å²) in [7, 11) is -2.07. The first-order chi connectivity index (χ1) is 23.6. The molecule has 0 radical (unpaired) electrons. The maximum Gasteiger partial charge on any atom is 0.359 e. The number of ether oxygens (including phenoxy) is 1. The average Bonchev–Trinajstić information content (AvgIpc) is 3.63. The Hall–Kier alpha value is -4.65. The zero-order valence-corrected chi connectivity index (χ0v) is 29.5. The first kappa shape index (κ1) is 32.9. The second-order valence-corrected chi connectivity index (χ2v) is 14.6. The van der Waals surface area contributed by atoms with Crippen molar-refractivity contribution in [1.29, 1.82) is 0 Å². The van der Waals surface area contributed by atoms with Crippen molar-refractivity contribution in [3.63, 3.8) is 0 Å². The predicted molar refractivity (Wildman–Crippen MR) is 199 cm³/mol. The topological polar surface area (TPSA) is 78.5 Å². The number of rotatable bonds is 10. The van der Waals surface area contributed by atoms with Gasteiger partial charge in [0.15, 0.2) is 0 Å². The van der Waals surface area contributed by atoms with Crippen LogP contribution in [0.2, 0.25) is 5.02 Å². The fourth-order valence-corrected chi connectivity index (χ4v) is 7.91. The van der Waals surface area contributed by atoms with Crippen LogP contribution in [-0.2, 0) is 22.7 Å². The summed E-state index contributed by atoms with van der Waals surface area (Å²) in [5, 5.41) is 1.92. The summed E-state index contributed by atoms with van der Waals surface area (Å²) >= 11 is 7.01. The lowest BCUT2D eigenvalue weighted by Crippen LogP contribution is -2.15. The Labute approximate surface area is 290 Å². The maximum absolute atomic E-state index is 13.3. The third-order valence-electron chi connectivity index (χ3n) is 8.99. The molecular weight excluding hydrogens is 653 g/mol. The van der Waals surface area contributed by atoms with E-state index in [1.807, 2.05) is 55.1 Å². The molecule has 0 spiro atoms. The van der Waals surface area contributed by atoms with E-state index in [1.165, 1.54) is 0 Å². The smallest absolute Gasteiger partial charge is 0.359 e. The Balaban J connectivity index is 1.30. The third kappa shape index (κ3) is 6.68. The van der Waals surface area contributed by atoms with E-state index in [-0.39, 0.29) is 11.4 Å². The van der Waals surface area contributed by atoms with Gasteiger partial charge in [-0.1, -0.05) is 85.3 Å². The number of imidazole rings is 1. The summed E-state index contributed by atoms with van der Waals surface area (Å²) in [4.78, 5) is 15.9. The van der Waals surface area contributed by atoms with E-state index < -0.39 is 7.60 Å². The van der Waals surface area contributed by atoms with E-state index >= 15 is 0 Å². The van der Waals surface area contributed by atoms with Crippen LogP contribution < -0.4 is 10.0 Å². The molecule has 7 nitrogen and oxygen atoms in total. The van der Waals surface area contributed by atoms with Gasteiger partial charge in [0.05, 0.1) is 34.0 Å². The molecule has 2 aromatic heterocycles. The molecule has 2 unspecified atom stereocenters. The Morgan fingerprint density at radius 1 is 0.878 bits per heavy atom. The van der Waals surface area contributed by atoms with Crippen molar-refractivity contribution in [2.45, 2.75) is 39.8 Å². The minimum Gasteiger partial charge on any atom is -0.425 e. The van der Waals surface area contributed by atoms with Crippen LogP contribution >= 0.6 is 19.2 Å². The molecule has 1 N–H and O–H groups in total. The molecule has 49 heavy (non-hydrogen) atoms. The molecule has 5 aromatic carbocycles. The summed E-state index contributed by atoms with van der Waals surface area (Å²) in [6, 6.07) is 36.4. The van der Waals surface area contributed by atoms with Gasteiger partial charge >= 0.3 is 13.6 Å². The van der Waals surface area contributed by atoms with Crippen molar-refractivity contribution < 1.29 is 18.7 Å². The van der Waals surface area contributed by atoms with Crippen LogP contribution in [-0.4, -0.2) is 25.1 Å². The first-order valence-corrected chi connectivity index (χ1v) is 18.2. The van der Waals surface area contributed by atoms with Crippen LogP contribution in [0.1, 0.15) is 31.4 Å². The monoisotopic (exact) mass is 689 g/mol. The van der Waals surface area contributed by atoms with Gasteiger partial charge in [0, 0.05) is 29.7 Å².